The van der Waals surface area contributed by atoms with E-state index in [0.29, 0.717) is 6.54 Å². The van der Waals surface area contributed by atoms with Gasteiger partial charge < -0.3 is 25.0 Å². The molecule has 2 saturated heterocycles. The molecule has 4 rings (SSSR count). The first-order valence-electron chi connectivity index (χ1n) is 13.2. The van der Waals surface area contributed by atoms with Gasteiger partial charge in [0.05, 0.1) is 11.4 Å². The minimum atomic E-state index is -5.08. The van der Waals surface area contributed by atoms with Gasteiger partial charge in [0.1, 0.15) is 5.54 Å². The molecule has 1 aromatic carbocycles. The fourth-order valence-corrected chi connectivity index (χ4v) is 4.45. The number of ether oxygens (including phenoxy) is 1. The summed E-state index contributed by atoms with van der Waals surface area (Å²) in [6, 6.07) is 6.12. The number of benzene rings is 1. The van der Waals surface area contributed by atoms with Crippen molar-refractivity contribution in [3.63, 3.8) is 0 Å². The summed E-state index contributed by atoms with van der Waals surface area (Å²) in [5.41, 5.74) is -0.733. The lowest BCUT2D eigenvalue weighted by Crippen LogP contribution is -2.43. The first-order valence-corrected chi connectivity index (χ1v) is 13.2. The topological polar surface area (TPSA) is 132 Å². The van der Waals surface area contributed by atoms with Crippen molar-refractivity contribution in [1.82, 2.24) is 14.8 Å². The van der Waals surface area contributed by atoms with Crippen LogP contribution >= 0.6 is 0 Å². The molecule has 2 N–H and O–H groups in total. The van der Waals surface area contributed by atoms with E-state index in [4.69, 9.17) is 9.90 Å². The summed E-state index contributed by atoms with van der Waals surface area (Å²) in [4.78, 5) is 56.4. The van der Waals surface area contributed by atoms with Crippen molar-refractivity contribution < 1.29 is 55.4 Å². The zero-order valence-corrected chi connectivity index (χ0v) is 23.5. The lowest BCUT2D eigenvalue weighted by molar-refractivity contribution is -0.274. The third-order valence-electron chi connectivity index (χ3n) is 6.73. The Morgan fingerprint density at radius 1 is 1.02 bits per heavy atom. The van der Waals surface area contributed by atoms with Gasteiger partial charge in [-0.3, -0.25) is 14.6 Å². The van der Waals surface area contributed by atoms with Crippen molar-refractivity contribution in [3.8, 4) is 5.75 Å². The summed E-state index contributed by atoms with van der Waals surface area (Å²) in [5.74, 6) is -4.46. The predicted molar refractivity (Wildman–Crippen MR) is 142 cm³/mol. The van der Waals surface area contributed by atoms with E-state index >= 15 is 0 Å². The summed E-state index contributed by atoms with van der Waals surface area (Å²) in [6.07, 6.45) is -4.79. The molecule has 1 aromatic heterocycles. The second-order valence-electron chi connectivity index (χ2n) is 10.3. The van der Waals surface area contributed by atoms with Gasteiger partial charge in [-0.1, -0.05) is 0 Å². The number of likely N-dealkylation sites (tertiary alicyclic amines) is 1. The van der Waals surface area contributed by atoms with E-state index in [9.17, 15) is 40.7 Å². The average molecular weight is 634 g/mol. The van der Waals surface area contributed by atoms with Crippen LogP contribution in [0, 0.1) is 0 Å². The lowest BCUT2D eigenvalue weighted by Gasteiger charge is -2.27. The molecule has 2 aliphatic heterocycles. The molecule has 0 bridgehead atoms. The largest absolute Gasteiger partial charge is 0.573 e. The van der Waals surface area contributed by atoms with Crippen molar-refractivity contribution in [1.29, 1.82) is 0 Å². The maximum Gasteiger partial charge on any atom is 0.573 e. The molecule has 240 valence electrons. The number of carbonyl (C=O) groups is 4. The van der Waals surface area contributed by atoms with Crippen molar-refractivity contribution in [2.75, 3.05) is 29.9 Å². The first-order chi connectivity index (χ1) is 20.4. The number of anilines is 2. The molecule has 2 fully saturated rings. The molecule has 2 aliphatic rings. The third-order valence-corrected chi connectivity index (χ3v) is 6.73. The van der Waals surface area contributed by atoms with E-state index in [1.54, 1.807) is 38.4 Å². The molecule has 0 radical (unpaired) electrons. The van der Waals surface area contributed by atoms with Crippen LogP contribution < -0.4 is 15.0 Å². The number of amides is 4. The number of rotatable bonds is 8. The number of alkyl halides is 6. The normalized spacial score (nSPS) is 16.9. The summed E-state index contributed by atoms with van der Waals surface area (Å²) in [7, 11) is 0. The number of carbonyl (C=O) groups excluding carboxylic acids is 3. The smallest absolute Gasteiger partial charge is 0.475 e. The van der Waals surface area contributed by atoms with Crippen LogP contribution in [0.25, 0.3) is 0 Å². The Morgan fingerprint density at radius 3 is 2.16 bits per heavy atom. The van der Waals surface area contributed by atoms with Crippen LogP contribution in [0.1, 0.15) is 38.7 Å². The van der Waals surface area contributed by atoms with Gasteiger partial charge >= 0.3 is 24.5 Å². The number of nitrogens with zero attached hydrogens (tertiary/aromatic N) is 4. The number of aromatic nitrogens is 1. The van der Waals surface area contributed by atoms with Crippen LogP contribution in [0.4, 0.5) is 42.5 Å². The number of carboxylic acid groups (broad SMARTS) is 1. The molecule has 17 heteroatoms. The number of carboxylic acids is 1. The van der Waals surface area contributed by atoms with Crippen LogP contribution in [0.15, 0.2) is 42.7 Å². The van der Waals surface area contributed by atoms with Crippen LogP contribution in [0.2, 0.25) is 0 Å². The van der Waals surface area contributed by atoms with E-state index in [2.05, 4.69) is 19.9 Å². The highest BCUT2D eigenvalue weighted by atomic mass is 19.4. The monoisotopic (exact) mass is 633 g/mol. The van der Waals surface area contributed by atoms with E-state index < -0.39 is 47.6 Å². The maximum absolute atomic E-state index is 13.3. The van der Waals surface area contributed by atoms with E-state index in [0.717, 1.165) is 48.5 Å². The van der Waals surface area contributed by atoms with Gasteiger partial charge in [-0.15, -0.1) is 13.2 Å². The Hall–Kier alpha value is -4.41. The number of imide groups is 1. The Bertz CT molecular complexity index is 1360. The van der Waals surface area contributed by atoms with Gasteiger partial charge in [-0.25, -0.2) is 14.5 Å². The van der Waals surface area contributed by atoms with E-state index in [-0.39, 0.29) is 24.3 Å². The van der Waals surface area contributed by atoms with Crippen molar-refractivity contribution in [2.24, 2.45) is 0 Å². The summed E-state index contributed by atoms with van der Waals surface area (Å²) >= 11 is 0. The second-order valence-corrected chi connectivity index (χ2v) is 10.3. The highest BCUT2D eigenvalue weighted by Gasteiger charge is 2.52. The fraction of sp³-hybridized carbons (Fsp3) is 0.444. The highest BCUT2D eigenvalue weighted by molar-refractivity contribution is 6.23. The van der Waals surface area contributed by atoms with Gasteiger partial charge in [-0.05, 0) is 75.7 Å². The number of aliphatic carboxylic acids is 1. The van der Waals surface area contributed by atoms with Gasteiger partial charge in [0.2, 0.25) is 5.91 Å². The Balaban J connectivity index is 0.000000676. The molecular weight excluding hydrogens is 604 g/mol. The molecule has 3 heterocycles. The zero-order valence-electron chi connectivity index (χ0n) is 23.5. The average Bonchev–Trinajstić information content (AvgIpc) is 3.50. The number of halogens is 6. The molecule has 0 spiro atoms. The summed E-state index contributed by atoms with van der Waals surface area (Å²) in [5, 5.41) is 9.59. The van der Waals surface area contributed by atoms with Crippen LogP contribution in [-0.2, 0) is 20.9 Å². The predicted octanol–water partition coefficient (Wildman–Crippen LogP) is 4.79. The molecule has 0 atom stereocenters. The molecule has 0 aliphatic carbocycles. The van der Waals surface area contributed by atoms with Crippen LogP contribution in [0.3, 0.4) is 0 Å². The molecule has 11 nitrogen and oxygen atoms in total. The second kappa shape index (κ2) is 13.5. The molecule has 0 saturated carbocycles. The zero-order chi connectivity index (χ0) is 32.9. The molecular formula is C27H29F6N5O6. The van der Waals surface area contributed by atoms with Gasteiger partial charge in [0.15, 0.2) is 5.75 Å². The van der Waals surface area contributed by atoms with E-state index in [1.165, 1.54) is 11.0 Å². The van der Waals surface area contributed by atoms with E-state index in [1.807, 2.05) is 0 Å². The van der Waals surface area contributed by atoms with Crippen molar-refractivity contribution in [2.45, 2.75) is 57.7 Å². The number of pyridine rings is 1. The lowest BCUT2D eigenvalue weighted by atomic mass is 10.0. The Labute approximate surface area is 247 Å². The molecule has 44 heavy (non-hydrogen) atoms. The Kier molecular flexibility index (Phi) is 10.4. The van der Waals surface area contributed by atoms with Gasteiger partial charge in [0, 0.05) is 31.9 Å². The van der Waals surface area contributed by atoms with Crippen molar-refractivity contribution in [3.05, 3.63) is 48.3 Å². The summed E-state index contributed by atoms with van der Waals surface area (Å²) < 4.78 is 74.9. The molecule has 0 unspecified atom stereocenters. The number of hydrogen-bond donors (Lipinski definition) is 2. The van der Waals surface area contributed by atoms with Crippen LogP contribution in [0.5, 0.6) is 5.75 Å². The van der Waals surface area contributed by atoms with Crippen LogP contribution in [-0.4, -0.2) is 81.4 Å². The third kappa shape index (κ3) is 8.81. The van der Waals surface area contributed by atoms with Gasteiger partial charge in [-0.2, -0.15) is 13.2 Å². The Morgan fingerprint density at radius 2 is 1.61 bits per heavy atom. The van der Waals surface area contributed by atoms with Gasteiger partial charge in [0.25, 0.3) is 5.91 Å². The minimum absolute atomic E-state index is 0.0182. The molecule has 4 amide bonds. The quantitative estimate of drug-likeness (QED) is 0.314. The van der Waals surface area contributed by atoms with Crippen molar-refractivity contribution >= 4 is 35.2 Å². The fourth-order valence-electron chi connectivity index (χ4n) is 4.45. The summed E-state index contributed by atoms with van der Waals surface area (Å²) in [6.45, 7) is 5.54. The number of urea groups is 1. The highest BCUT2D eigenvalue weighted by Crippen LogP contribution is 2.38. The minimum Gasteiger partial charge on any atom is -0.475 e. The maximum atomic E-state index is 13.3. The SMILES string of the molecule is CC1(C)C(=O)N(c2ccc(OC(F)(F)F)c(NC(=O)CCN3CCCC3)c2)C(=O)N1Cc1ccncc1.O=C(O)C(F)(F)F. The number of nitrogens with one attached hydrogen (secondary N) is 1. The first kappa shape index (κ1) is 34.1. The molecule has 2 aromatic rings. The number of hydrogen-bond acceptors (Lipinski definition) is 7. The standard InChI is InChI=1S/C25H28F3N5O4.C2HF3O2/c1-24(2)22(35)33(23(36)32(24)16-17-7-10-29-11-8-17)18-5-6-20(37-25(26,27)28)19(15-18)30-21(34)9-14-31-12-3-4-13-31;3-2(4,5)1(6)7/h5-8,10-11,15H,3-4,9,12-14,16H2,1-2H3,(H,30,34);(H,6,7).